The van der Waals surface area contributed by atoms with Gasteiger partial charge in [-0.05, 0) is 37.9 Å². The molecule has 0 aromatic carbocycles. The molecule has 1 amide bonds. The van der Waals surface area contributed by atoms with Crippen molar-refractivity contribution in [2.45, 2.75) is 45.6 Å². The molecule has 0 aliphatic heterocycles. The van der Waals surface area contributed by atoms with Crippen LogP contribution < -0.4 is 11.1 Å². The fourth-order valence-corrected chi connectivity index (χ4v) is 1.88. The largest absolute Gasteiger partial charge is 0.469 e. The van der Waals surface area contributed by atoms with E-state index in [9.17, 15) is 4.79 Å². The number of carbonyl (C=O) groups excluding carboxylic acids is 1. The van der Waals surface area contributed by atoms with Crippen LogP contribution in [0, 0.1) is 5.92 Å². The number of hydrogen-bond acceptors (Lipinski definition) is 3. The van der Waals surface area contributed by atoms with Gasteiger partial charge in [-0.2, -0.15) is 0 Å². The first kappa shape index (κ1) is 14.8. The molecule has 2 atom stereocenters. The summed E-state index contributed by atoms with van der Waals surface area (Å²) < 4.78 is 5.26. The highest BCUT2D eigenvalue weighted by Crippen LogP contribution is 2.08. The van der Waals surface area contributed by atoms with E-state index in [1.165, 1.54) is 0 Å². The van der Waals surface area contributed by atoms with Crippen LogP contribution in [-0.4, -0.2) is 18.5 Å². The van der Waals surface area contributed by atoms with Crippen molar-refractivity contribution < 1.29 is 9.21 Å². The van der Waals surface area contributed by atoms with Gasteiger partial charge in [0.25, 0.3) is 0 Å². The molecule has 4 heteroatoms. The van der Waals surface area contributed by atoms with Gasteiger partial charge in [0, 0.05) is 18.9 Å². The first-order chi connectivity index (χ1) is 8.65. The molecule has 1 aromatic heterocycles. The summed E-state index contributed by atoms with van der Waals surface area (Å²) in [6, 6.07) is 4.00. The maximum atomic E-state index is 11.8. The van der Waals surface area contributed by atoms with E-state index in [0.29, 0.717) is 18.9 Å². The number of rotatable bonds is 8. The summed E-state index contributed by atoms with van der Waals surface area (Å²) in [6.45, 7) is 4.65. The Morgan fingerprint density at radius 2 is 2.33 bits per heavy atom. The Labute approximate surface area is 109 Å². The fraction of sp³-hybridized carbons (Fsp3) is 0.643. The Morgan fingerprint density at radius 3 is 2.89 bits per heavy atom. The second-order valence-electron chi connectivity index (χ2n) is 4.80. The van der Waals surface area contributed by atoms with Crippen molar-refractivity contribution in [1.29, 1.82) is 0 Å². The second kappa shape index (κ2) is 7.93. The quantitative estimate of drug-likeness (QED) is 0.744. The van der Waals surface area contributed by atoms with Crippen molar-refractivity contribution in [3.05, 3.63) is 24.2 Å². The number of carbonyl (C=O) groups is 1. The minimum absolute atomic E-state index is 0.0965. The monoisotopic (exact) mass is 252 g/mol. The normalized spacial score (nSPS) is 14.2. The van der Waals surface area contributed by atoms with Crippen LogP contribution in [0.5, 0.6) is 0 Å². The highest BCUT2D eigenvalue weighted by molar-refractivity contribution is 5.76. The molecule has 1 rings (SSSR count). The molecule has 0 radical (unpaired) electrons. The molecule has 2 unspecified atom stereocenters. The standard InChI is InChI=1S/C14H24N2O2/c1-3-12(10-15)9-14(17)16-11(2)6-7-13-5-4-8-18-13/h4-5,8,11-12H,3,6-7,9-10,15H2,1-2H3,(H,16,17). The predicted molar refractivity (Wildman–Crippen MR) is 72.1 cm³/mol. The first-order valence-electron chi connectivity index (χ1n) is 6.67. The molecule has 0 bridgehead atoms. The number of nitrogens with one attached hydrogen (secondary N) is 1. The van der Waals surface area contributed by atoms with Crippen LogP contribution in [-0.2, 0) is 11.2 Å². The fourth-order valence-electron chi connectivity index (χ4n) is 1.88. The Morgan fingerprint density at radius 1 is 1.56 bits per heavy atom. The van der Waals surface area contributed by atoms with Gasteiger partial charge in [-0.15, -0.1) is 0 Å². The van der Waals surface area contributed by atoms with Gasteiger partial charge in [0.2, 0.25) is 5.91 Å². The van der Waals surface area contributed by atoms with Crippen LogP contribution in [0.2, 0.25) is 0 Å². The zero-order chi connectivity index (χ0) is 13.4. The Hall–Kier alpha value is -1.29. The van der Waals surface area contributed by atoms with Gasteiger partial charge in [-0.1, -0.05) is 13.3 Å². The minimum Gasteiger partial charge on any atom is -0.469 e. The summed E-state index contributed by atoms with van der Waals surface area (Å²) in [4.78, 5) is 11.8. The lowest BCUT2D eigenvalue weighted by molar-refractivity contribution is -0.122. The van der Waals surface area contributed by atoms with Gasteiger partial charge in [-0.25, -0.2) is 0 Å². The van der Waals surface area contributed by atoms with Crippen LogP contribution in [0.1, 0.15) is 38.9 Å². The van der Waals surface area contributed by atoms with Crippen LogP contribution in [0.4, 0.5) is 0 Å². The van der Waals surface area contributed by atoms with Crippen LogP contribution in [0.25, 0.3) is 0 Å². The van der Waals surface area contributed by atoms with E-state index in [-0.39, 0.29) is 11.9 Å². The van der Waals surface area contributed by atoms with Gasteiger partial charge in [0.05, 0.1) is 6.26 Å². The minimum atomic E-state index is 0.0965. The predicted octanol–water partition coefficient (Wildman–Crippen LogP) is 2.09. The molecule has 0 fully saturated rings. The highest BCUT2D eigenvalue weighted by Gasteiger charge is 2.13. The van der Waals surface area contributed by atoms with Gasteiger partial charge in [0.1, 0.15) is 5.76 Å². The average molecular weight is 252 g/mol. The summed E-state index contributed by atoms with van der Waals surface area (Å²) in [5.41, 5.74) is 5.59. The topological polar surface area (TPSA) is 68.3 Å². The molecular formula is C14H24N2O2. The van der Waals surface area contributed by atoms with Gasteiger partial charge >= 0.3 is 0 Å². The molecule has 102 valence electrons. The van der Waals surface area contributed by atoms with Gasteiger partial charge < -0.3 is 15.5 Å². The molecular weight excluding hydrogens is 228 g/mol. The summed E-state index contributed by atoms with van der Waals surface area (Å²) >= 11 is 0. The summed E-state index contributed by atoms with van der Waals surface area (Å²) in [5.74, 6) is 1.35. The molecule has 1 aromatic rings. The zero-order valence-corrected chi connectivity index (χ0v) is 11.3. The second-order valence-corrected chi connectivity index (χ2v) is 4.80. The molecule has 0 saturated carbocycles. The molecule has 4 nitrogen and oxygen atoms in total. The number of furan rings is 1. The van der Waals surface area contributed by atoms with Crippen molar-refractivity contribution in [2.24, 2.45) is 11.7 Å². The first-order valence-corrected chi connectivity index (χ1v) is 6.67. The Balaban J connectivity index is 2.22. The number of hydrogen-bond donors (Lipinski definition) is 2. The third-order valence-corrected chi connectivity index (χ3v) is 3.20. The molecule has 3 N–H and O–H groups in total. The lowest BCUT2D eigenvalue weighted by Gasteiger charge is -2.16. The van der Waals surface area contributed by atoms with Crippen molar-refractivity contribution in [3.8, 4) is 0 Å². The van der Waals surface area contributed by atoms with Gasteiger partial charge in [-0.3, -0.25) is 4.79 Å². The van der Waals surface area contributed by atoms with Gasteiger partial charge in [0.15, 0.2) is 0 Å². The maximum Gasteiger partial charge on any atom is 0.220 e. The average Bonchev–Trinajstić information content (AvgIpc) is 2.86. The van der Waals surface area contributed by atoms with Crippen LogP contribution in [0.3, 0.4) is 0 Å². The lowest BCUT2D eigenvalue weighted by atomic mass is 10.0. The lowest BCUT2D eigenvalue weighted by Crippen LogP contribution is -2.35. The third kappa shape index (κ3) is 5.36. The smallest absolute Gasteiger partial charge is 0.220 e. The summed E-state index contributed by atoms with van der Waals surface area (Å²) in [5, 5.41) is 3.01. The molecule has 0 spiro atoms. The van der Waals surface area contributed by atoms with E-state index in [1.54, 1.807) is 6.26 Å². The van der Waals surface area contributed by atoms with Crippen molar-refractivity contribution in [1.82, 2.24) is 5.32 Å². The van der Waals surface area contributed by atoms with E-state index >= 15 is 0 Å². The third-order valence-electron chi connectivity index (χ3n) is 3.20. The van der Waals surface area contributed by atoms with Crippen molar-refractivity contribution in [3.63, 3.8) is 0 Å². The number of nitrogens with two attached hydrogens (primary N) is 1. The van der Waals surface area contributed by atoms with E-state index in [0.717, 1.165) is 25.0 Å². The molecule has 18 heavy (non-hydrogen) atoms. The molecule has 0 saturated heterocycles. The maximum absolute atomic E-state index is 11.8. The summed E-state index contributed by atoms with van der Waals surface area (Å²) in [7, 11) is 0. The van der Waals surface area contributed by atoms with E-state index in [2.05, 4.69) is 12.2 Å². The zero-order valence-electron chi connectivity index (χ0n) is 11.3. The Bertz CT molecular complexity index is 332. The Kier molecular flexibility index (Phi) is 6.50. The summed E-state index contributed by atoms with van der Waals surface area (Å²) in [6.07, 6.45) is 4.88. The number of aryl methyl sites for hydroxylation is 1. The van der Waals surface area contributed by atoms with E-state index < -0.39 is 0 Å². The van der Waals surface area contributed by atoms with Crippen LogP contribution in [0.15, 0.2) is 22.8 Å². The van der Waals surface area contributed by atoms with Crippen molar-refractivity contribution >= 4 is 5.91 Å². The molecule has 0 aliphatic carbocycles. The van der Waals surface area contributed by atoms with E-state index in [1.807, 2.05) is 19.1 Å². The van der Waals surface area contributed by atoms with E-state index in [4.69, 9.17) is 10.2 Å². The SMILES string of the molecule is CCC(CN)CC(=O)NC(C)CCc1ccco1. The highest BCUT2D eigenvalue weighted by atomic mass is 16.3. The molecule has 1 heterocycles. The van der Waals surface area contributed by atoms with Crippen LogP contribution >= 0.6 is 0 Å². The van der Waals surface area contributed by atoms with Crippen molar-refractivity contribution in [2.75, 3.05) is 6.54 Å². The molecule has 0 aliphatic rings. The number of amides is 1.